The molecule has 25 heavy (non-hydrogen) atoms. The van der Waals surface area contributed by atoms with E-state index in [1.807, 2.05) is 4.90 Å². The lowest BCUT2D eigenvalue weighted by Crippen LogP contribution is -2.54. The number of ether oxygens (including phenoxy) is 1. The number of hydrogen-bond donors (Lipinski definition) is 0. The lowest BCUT2D eigenvalue weighted by molar-refractivity contribution is -0.140. The number of carbonyl (C=O) groups excluding carboxylic acids is 1. The lowest BCUT2D eigenvalue weighted by atomic mass is 9.73. The fourth-order valence-corrected chi connectivity index (χ4v) is 4.19. The van der Waals surface area contributed by atoms with Crippen molar-refractivity contribution < 1.29 is 18.3 Å². The second-order valence-corrected chi connectivity index (χ2v) is 7.32. The van der Waals surface area contributed by atoms with Gasteiger partial charge in [-0.05, 0) is 37.9 Å². The van der Waals surface area contributed by atoms with Crippen LogP contribution in [0.2, 0.25) is 0 Å². The van der Waals surface area contributed by atoms with Crippen molar-refractivity contribution in [2.45, 2.75) is 32.2 Å². The Hall–Kier alpha value is -1.53. The van der Waals surface area contributed by atoms with Gasteiger partial charge in [0.1, 0.15) is 11.6 Å². The van der Waals surface area contributed by atoms with E-state index >= 15 is 0 Å². The number of nitrogens with zero attached hydrogens (tertiary/aromatic N) is 2. The number of rotatable bonds is 5. The number of halogens is 2. The zero-order valence-electron chi connectivity index (χ0n) is 14.8. The number of methoxy groups -OCH3 is 1. The van der Waals surface area contributed by atoms with E-state index in [1.54, 1.807) is 7.11 Å². The second-order valence-electron chi connectivity index (χ2n) is 7.32. The van der Waals surface area contributed by atoms with Gasteiger partial charge in [-0.25, -0.2) is 8.78 Å². The summed E-state index contributed by atoms with van der Waals surface area (Å²) in [5, 5.41) is 0. The zero-order chi connectivity index (χ0) is 17.9. The Labute approximate surface area is 147 Å². The summed E-state index contributed by atoms with van der Waals surface area (Å²) in [6, 6.07) is 4.01. The molecule has 2 heterocycles. The van der Waals surface area contributed by atoms with E-state index in [2.05, 4.69) is 4.90 Å². The molecule has 0 aromatic heterocycles. The monoisotopic (exact) mass is 352 g/mol. The van der Waals surface area contributed by atoms with Crippen LogP contribution >= 0.6 is 0 Å². The molecule has 1 aromatic carbocycles. The third-order valence-corrected chi connectivity index (χ3v) is 5.50. The van der Waals surface area contributed by atoms with Crippen molar-refractivity contribution in [3.05, 3.63) is 35.4 Å². The van der Waals surface area contributed by atoms with Gasteiger partial charge in [-0.15, -0.1) is 0 Å². The van der Waals surface area contributed by atoms with Crippen molar-refractivity contribution in [3.8, 4) is 0 Å². The third kappa shape index (κ3) is 4.18. The first kappa shape index (κ1) is 18.3. The van der Waals surface area contributed by atoms with E-state index in [4.69, 9.17) is 4.74 Å². The SMILES string of the molecule is COCCN1CC2(CCCN(Cc3c(F)cccc3F)C2)CCC1=O. The van der Waals surface area contributed by atoms with Gasteiger partial charge in [-0.3, -0.25) is 9.69 Å². The summed E-state index contributed by atoms with van der Waals surface area (Å²) in [5.41, 5.74) is 0.171. The lowest BCUT2D eigenvalue weighted by Gasteiger charge is -2.48. The van der Waals surface area contributed by atoms with E-state index in [-0.39, 0.29) is 23.4 Å². The molecule has 0 radical (unpaired) electrons. The fraction of sp³-hybridized carbons (Fsp3) is 0.632. The number of hydrogen-bond acceptors (Lipinski definition) is 3. The van der Waals surface area contributed by atoms with Crippen LogP contribution < -0.4 is 0 Å². The number of piperidine rings is 2. The predicted octanol–water partition coefficient (Wildman–Crippen LogP) is 2.82. The number of amides is 1. The van der Waals surface area contributed by atoms with Crippen molar-refractivity contribution in [2.75, 3.05) is 39.9 Å². The summed E-state index contributed by atoms with van der Waals surface area (Å²) in [6.07, 6.45) is 3.44. The van der Waals surface area contributed by atoms with E-state index in [0.717, 1.165) is 32.4 Å². The summed E-state index contributed by atoms with van der Waals surface area (Å²) < 4.78 is 33.0. The Kier molecular flexibility index (Phi) is 5.69. The Balaban J connectivity index is 1.69. The first-order valence-corrected chi connectivity index (χ1v) is 8.95. The van der Waals surface area contributed by atoms with Gasteiger partial charge in [0, 0.05) is 50.7 Å². The Bertz CT molecular complexity index is 605. The number of likely N-dealkylation sites (tertiary alicyclic amines) is 2. The maximum absolute atomic E-state index is 14.0. The van der Waals surface area contributed by atoms with Gasteiger partial charge in [0.05, 0.1) is 6.61 Å². The molecule has 0 bridgehead atoms. The normalized spacial score (nSPS) is 24.9. The highest BCUT2D eigenvalue weighted by molar-refractivity contribution is 5.77. The van der Waals surface area contributed by atoms with Crippen LogP contribution in [0.15, 0.2) is 18.2 Å². The van der Waals surface area contributed by atoms with Gasteiger partial charge in [-0.2, -0.15) is 0 Å². The fourth-order valence-electron chi connectivity index (χ4n) is 4.19. The molecule has 1 aromatic rings. The van der Waals surface area contributed by atoms with Crippen LogP contribution in [-0.2, 0) is 16.1 Å². The summed E-state index contributed by atoms with van der Waals surface area (Å²) >= 11 is 0. The van der Waals surface area contributed by atoms with Gasteiger partial charge >= 0.3 is 0 Å². The van der Waals surface area contributed by atoms with Gasteiger partial charge in [-0.1, -0.05) is 6.07 Å². The predicted molar refractivity (Wildman–Crippen MR) is 91.0 cm³/mol. The van der Waals surface area contributed by atoms with Gasteiger partial charge in [0.25, 0.3) is 0 Å². The molecule has 1 unspecified atom stereocenters. The van der Waals surface area contributed by atoms with Crippen molar-refractivity contribution in [3.63, 3.8) is 0 Å². The highest BCUT2D eigenvalue weighted by Crippen LogP contribution is 2.39. The Morgan fingerprint density at radius 3 is 2.68 bits per heavy atom. The molecule has 3 rings (SSSR count). The Morgan fingerprint density at radius 2 is 1.96 bits per heavy atom. The van der Waals surface area contributed by atoms with Gasteiger partial charge in [0.15, 0.2) is 0 Å². The van der Waals surface area contributed by atoms with Crippen molar-refractivity contribution in [1.82, 2.24) is 9.80 Å². The second kappa shape index (κ2) is 7.79. The van der Waals surface area contributed by atoms with Gasteiger partial charge in [0.2, 0.25) is 5.91 Å². The molecule has 1 amide bonds. The zero-order valence-corrected chi connectivity index (χ0v) is 14.8. The molecule has 4 nitrogen and oxygen atoms in total. The van der Waals surface area contributed by atoms with Gasteiger partial charge < -0.3 is 9.64 Å². The van der Waals surface area contributed by atoms with E-state index in [1.165, 1.54) is 18.2 Å². The minimum Gasteiger partial charge on any atom is -0.383 e. The smallest absolute Gasteiger partial charge is 0.222 e. The molecule has 1 spiro atoms. The molecule has 6 heteroatoms. The summed E-state index contributed by atoms with van der Waals surface area (Å²) in [7, 11) is 1.63. The molecular weight excluding hydrogens is 326 g/mol. The highest BCUT2D eigenvalue weighted by Gasteiger charge is 2.41. The van der Waals surface area contributed by atoms with Crippen LogP contribution in [0.1, 0.15) is 31.2 Å². The quantitative estimate of drug-likeness (QED) is 0.817. The van der Waals surface area contributed by atoms with Crippen LogP contribution in [0.3, 0.4) is 0 Å². The first-order chi connectivity index (χ1) is 12.0. The molecule has 1 atom stereocenters. The van der Waals surface area contributed by atoms with E-state index in [9.17, 15) is 13.6 Å². The minimum absolute atomic E-state index is 0.0294. The van der Waals surface area contributed by atoms with Crippen LogP contribution in [0.25, 0.3) is 0 Å². The molecular formula is C19H26F2N2O2. The van der Waals surface area contributed by atoms with Crippen LogP contribution in [0, 0.1) is 17.0 Å². The van der Waals surface area contributed by atoms with Crippen LogP contribution in [-0.4, -0.2) is 55.6 Å². The molecule has 0 aliphatic carbocycles. The average Bonchev–Trinajstić information content (AvgIpc) is 2.60. The molecule has 2 saturated heterocycles. The van der Waals surface area contributed by atoms with E-state index < -0.39 is 11.6 Å². The molecule has 0 saturated carbocycles. The third-order valence-electron chi connectivity index (χ3n) is 5.50. The van der Waals surface area contributed by atoms with Crippen LogP contribution in [0.5, 0.6) is 0 Å². The molecule has 2 fully saturated rings. The maximum atomic E-state index is 14.0. The summed E-state index contributed by atoms with van der Waals surface area (Å²) in [4.78, 5) is 16.2. The van der Waals surface area contributed by atoms with Crippen molar-refractivity contribution in [2.24, 2.45) is 5.41 Å². The minimum atomic E-state index is -0.486. The molecule has 2 aliphatic heterocycles. The molecule has 138 valence electrons. The summed E-state index contributed by atoms with van der Waals surface area (Å²) in [5.74, 6) is -0.791. The molecule has 0 N–H and O–H groups in total. The highest BCUT2D eigenvalue weighted by atomic mass is 19.1. The molecule has 2 aliphatic rings. The van der Waals surface area contributed by atoms with Crippen molar-refractivity contribution in [1.29, 1.82) is 0 Å². The topological polar surface area (TPSA) is 32.8 Å². The summed E-state index contributed by atoms with van der Waals surface area (Å²) in [6.45, 7) is 3.75. The average molecular weight is 352 g/mol. The Morgan fingerprint density at radius 1 is 1.20 bits per heavy atom. The first-order valence-electron chi connectivity index (χ1n) is 8.95. The van der Waals surface area contributed by atoms with Crippen molar-refractivity contribution >= 4 is 5.91 Å². The number of carbonyl (C=O) groups is 1. The van der Waals surface area contributed by atoms with Crippen LogP contribution in [0.4, 0.5) is 8.78 Å². The number of benzene rings is 1. The van der Waals surface area contributed by atoms with E-state index in [0.29, 0.717) is 26.1 Å². The standard InChI is InChI=1S/C19H26F2N2O2/c1-25-11-10-23-14-19(8-6-18(23)24)7-3-9-22(13-19)12-15-16(20)4-2-5-17(15)21/h2,4-5H,3,6-14H2,1H3. The maximum Gasteiger partial charge on any atom is 0.222 e. The largest absolute Gasteiger partial charge is 0.383 e.